The van der Waals surface area contributed by atoms with Gasteiger partial charge in [-0.15, -0.1) is 34.2 Å². The van der Waals surface area contributed by atoms with Gasteiger partial charge in [-0.3, -0.25) is 0 Å². The third kappa shape index (κ3) is 6.96. The summed E-state index contributed by atoms with van der Waals surface area (Å²) in [5, 5.41) is 19.8. The smallest absolute Gasteiger partial charge is 0.191 e. The average Bonchev–Trinajstić information content (AvgIpc) is 3.27. The zero-order chi connectivity index (χ0) is 22.2. The maximum atomic E-state index is 4.85. The molecular formula is C22H33IN8S. The Morgan fingerprint density at radius 1 is 1.12 bits per heavy atom. The first-order chi connectivity index (χ1) is 15.0. The van der Waals surface area contributed by atoms with Crippen LogP contribution in [0.2, 0.25) is 0 Å². The molecule has 0 bridgehead atoms. The molecule has 10 heteroatoms. The zero-order valence-corrected chi connectivity index (χ0v) is 22.6. The lowest BCUT2D eigenvalue weighted by Crippen LogP contribution is -2.38. The van der Waals surface area contributed by atoms with E-state index >= 15 is 0 Å². The summed E-state index contributed by atoms with van der Waals surface area (Å²) in [7, 11) is 1.97. The van der Waals surface area contributed by atoms with Gasteiger partial charge in [0.15, 0.2) is 11.8 Å². The minimum Gasteiger partial charge on any atom is -0.356 e. The normalized spacial score (nSPS) is 11.3. The molecule has 3 aromatic rings. The molecule has 0 aliphatic heterocycles. The highest BCUT2D eigenvalue weighted by Gasteiger charge is 2.10. The van der Waals surface area contributed by atoms with E-state index in [0.717, 1.165) is 59.0 Å². The van der Waals surface area contributed by atoms with Crippen LogP contribution in [0.5, 0.6) is 0 Å². The molecular weight excluding hydrogens is 535 g/mol. The van der Waals surface area contributed by atoms with Crippen molar-refractivity contribution in [3.05, 3.63) is 58.9 Å². The summed E-state index contributed by atoms with van der Waals surface area (Å²) >= 11 is 1.85. The number of nitrogens with zero attached hydrogens (tertiary/aromatic N) is 6. The molecule has 0 amide bonds. The molecule has 32 heavy (non-hydrogen) atoms. The first-order valence-corrected chi connectivity index (χ1v) is 11.9. The predicted molar refractivity (Wildman–Crippen MR) is 143 cm³/mol. The van der Waals surface area contributed by atoms with E-state index in [9.17, 15) is 0 Å². The number of hydrogen-bond donors (Lipinski definition) is 2. The van der Waals surface area contributed by atoms with Crippen molar-refractivity contribution < 1.29 is 0 Å². The predicted octanol–water partition coefficient (Wildman–Crippen LogP) is 3.53. The van der Waals surface area contributed by atoms with Gasteiger partial charge in [0, 0.05) is 19.3 Å². The van der Waals surface area contributed by atoms with Crippen molar-refractivity contribution >= 4 is 41.7 Å². The first-order valence-electron chi connectivity index (χ1n) is 10.5. The monoisotopic (exact) mass is 568 g/mol. The van der Waals surface area contributed by atoms with Gasteiger partial charge in [0.05, 0.1) is 24.5 Å². The maximum absolute atomic E-state index is 4.85. The average molecular weight is 569 g/mol. The molecule has 0 unspecified atom stereocenters. The van der Waals surface area contributed by atoms with Crippen molar-refractivity contribution in [2.75, 3.05) is 18.6 Å². The van der Waals surface area contributed by atoms with Gasteiger partial charge in [-0.1, -0.05) is 18.2 Å². The van der Waals surface area contributed by atoms with Crippen molar-refractivity contribution in [3.63, 3.8) is 0 Å². The third-order valence-corrected chi connectivity index (χ3v) is 5.75. The van der Waals surface area contributed by atoms with E-state index in [2.05, 4.69) is 57.3 Å². The Labute approximate surface area is 211 Å². The van der Waals surface area contributed by atoms with Crippen molar-refractivity contribution in [1.29, 1.82) is 0 Å². The number of hydrogen-bond acceptors (Lipinski definition) is 5. The number of nitrogens with one attached hydrogen (secondary N) is 2. The zero-order valence-electron chi connectivity index (χ0n) is 19.4. The van der Waals surface area contributed by atoms with E-state index in [0.29, 0.717) is 13.1 Å². The summed E-state index contributed by atoms with van der Waals surface area (Å²) < 4.78 is 3.97. The molecule has 8 nitrogen and oxygen atoms in total. The fourth-order valence-corrected chi connectivity index (χ4v) is 3.69. The first kappa shape index (κ1) is 26.2. The number of aliphatic imine (C=N–C) groups is 1. The van der Waals surface area contributed by atoms with Crippen LogP contribution in [-0.2, 0) is 20.1 Å². The number of aromatic nitrogens is 5. The van der Waals surface area contributed by atoms with Crippen LogP contribution in [0, 0.1) is 20.8 Å². The van der Waals surface area contributed by atoms with Crippen LogP contribution >= 0.6 is 35.7 Å². The Kier molecular flexibility index (Phi) is 10.5. The van der Waals surface area contributed by atoms with Gasteiger partial charge in [0.1, 0.15) is 5.82 Å². The molecule has 1 aromatic carbocycles. The van der Waals surface area contributed by atoms with Crippen LogP contribution in [0.1, 0.15) is 35.0 Å². The van der Waals surface area contributed by atoms with E-state index in [1.165, 1.54) is 0 Å². The van der Waals surface area contributed by atoms with E-state index < -0.39 is 0 Å². The second-order valence-electron chi connectivity index (χ2n) is 7.48. The second kappa shape index (κ2) is 12.8. The molecule has 2 aromatic heterocycles. The van der Waals surface area contributed by atoms with Gasteiger partial charge < -0.3 is 15.2 Å². The molecule has 0 fully saturated rings. The molecule has 3 rings (SSSR count). The van der Waals surface area contributed by atoms with Crippen LogP contribution < -0.4 is 10.6 Å². The summed E-state index contributed by atoms with van der Waals surface area (Å²) in [6, 6.07) is 10.4. The number of rotatable bonds is 9. The van der Waals surface area contributed by atoms with Crippen LogP contribution in [0.25, 0.3) is 5.69 Å². The van der Waals surface area contributed by atoms with Crippen LogP contribution in [-0.4, -0.2) is 49.1 Å². The number of benzene rings is 1. The lowest BCUT2D eigenvalue weighted by molar-refractivity contribution is 0.710. The molecule has 0 saturated heterocycles. The Balaban J connectivity index is 0.00000363. The minimum absolute atomic E-state index is 0. The molecule has 2 heterocycles. The number of halogens is 1. The molecule has 0 aliphatic carbocycles. The summed E-state index contributed by atoms with van der Waals surface area (Å²) in [6.45, 7) is 8.00. The topological polar surface area (TPSA) is 84.9 Å². The molecule has 0 atom stereocenters. The fourth-order valence-electron chi connectivity index (χ4n) is 3.25. The summed E-state index contributed by atoms with van der Waals surface area (Å²) in [6.07, 6.45) is 3.20. The summed E-state index contributed by atoms with van der Waals surface area (Å²) in [4.78, 5) is 4.85. The quantitative estimate of drug-likeness (QED) is 0.178. The van der Waals surface area contributed by atoms with E-state index in [1.807, 2.05) is 54.0 Å². The van der Waals surface area contributed by atoms with Crippen molar-refractivity contribution in [2.45, 2.75) is 40.3 Å². The van der Waals surface area contributed by atoms with Gasteiger partial charge in [-0.25, -0.2) is 9.67 Å². The minimum atomic E-state index is 0. The Morgan fingerprint density at radius 2 is 1.91 bits per heavy atom. The molecule has 0 aliphatic rings. The third-order valence-electron chi connectivity index (χ3n) is 5.05. The van der Waals surface area contributed by atoms with Crippen LogP contribution in [0.3, 0.4) is 0 Å². The van der Waals surface area contributed by atoms with Gasteiger partial charge in [-0.2, -0.15) is 16.9 Å². The summed E-state index contributed by atoms with van der Waals surface area (Å²) in [5.41, 5.74) is 4.30. The molecule has 0 saturated carbocycles. The van der Waals surface area contributed by atoms with Gasteiger partial charge in [0.2, 0.25) is 0 Å². The van der Waals surface area contributed by atoms with Gasteiger partial charge in [0.25, 0.3) is 0 Å². The van der Waals surface area contributed by atoms with Crippen molar-refractivity contribution in [2.24, 2.45) is 12.0 Å². The van der Waals surface area contributed by atoms with Crippen molar-refractivity contribution in [1.82, 2.24) is 35.2 Å². The molecule has 174 valence electrons. The number of aryl methyl sites for hydroxylation is 3. The van der Waals surface area contributed by atoms with Crippen LogP contribution in [0.4, 0.5) is 0 Å². The van der Waals surface area contributed by atoms with E-state index in [1.54, 1.807) is 0 Å². The lowest BCUT2D eigenvalue weighted by Gasteiger charge is -2.14. The molecule has 0 radical (unpaired) electrons. The molecule has 0 spiro atoms. The summed E-state index contributed by atoms with van der Waals surface area (Å²) in [5.74, 6) is 3.65. The van der Waals surface area contributed by atoms with Crippen LogP contribution in [0.15, 0.2) is 35.3 Å². The Hall–Kier alpha value is -2.08. The Morgan fingerprint density at radius 3 is 2.56 bits per heavy atom. The largest absolute Gasteiger partial charge is 0.356 e. The number of guanidine groups is 1. The van der Waals surface area contributed by atoms with Gasteiger partial charge in [-0.05, 0) is 56.9 Å². The standard InChI is InChI=1S/C22H32N8S.HI/c1-16-13-17(2)30(28-16)20-10-7-6-9-19(20)14-24-22(23-11-8-12-31-5)25-15-21-27-26-18(3)29(21)4;/h6-7,9-10,13H,8,11-12,14-15H2,1-5H3,(H2,23,24,25);1H. The second-order valence-corrected chi connectivity index (χ2v) is 8.47. The van der Waals surface area contributed by atoms with E-state index in [4.69, 9.17) is 4.99 Å². The lowest BCUT2D eigenvalue weighted by atomic mass is 10.2. The number of para-hydroxylation sites is 1. The number of thioether (sulfide) groups is 1. The highest BCUT2D eigenvalue weighted by Crippen LogP contribution is 2.17. The van der Waals surface area contributed by atoms with Crippen molar-refractivity contribution in [3.8, 4) is 5.69 Å². The molecule has 2 N–H and O–H groups in total. The SMILES string of the molecule is CSCCCNC(=NCc1ccccc1-n1nc(C)cc1C)NCc1nnc(C)n1C.I. The highest BCUT2D eigenvalue weighted by molar-refractivity contribution is 14.0. The highest BCUT2D eigenvalue weighted by atomic mass is 127. The van der Waals surface area contributed by atoms with E-state index in [-0.39, 0.29) is 24.0 Å². The Bertz CT molecular complexity index is 1030. The fraction of sp³-hybridized carbons (Fsp3) is 0.455. The maximum Gasteiger partial charge on any atom is 0.191 e. The van der Waals surface area contributed by atoms with Gasteiger partial charge >= 0.3 is 0 Å².